The second-order valence-electron chi connectivity index (χ2n) is 3.97. The quantitative estimate of drug-likeness (QED) is 0.664. The lowest BCUT2D eigenvalue weighted by Crippen LogP contribution is -2.28. The summed E-state index contributed by atoms with van der Waals surface area (Å²) in [5.41, 5.74) is -0.0487. The number of nitro groups is 1. The number of benzene rings is 1. The molecular formula is C11H13ClN2O3. The summed E-state index contributed by atoms with van der Waals surface area (Å²) < 4.78 is 5.47. The van der Waals surface area contributed by atoms with E-state index < -0.39 is 4.92 Å². The SMILES string of the molecule is O=[N+]([O-])c1ccc(Cl)cc1OC[C@H]1CCCN1. The van der Waals surface area contributed by atoms with Gasteiger partial charge in [-0.25, -0.2) is 0 Å². The molecule has 92 valence electrons. The van der Waals surface area contributed by atoms with Crippen LogP contribution in [0.1, 0.15) is 12.8 Å². The van der Waals surface area contributed by atoms with E-state index >= 15 is 0 Å². The fraction of sp³-hybridized carbons (Fsp3) is 0.455. The van der Waals surface area contributed by atoms with E-state index in [2.05, 4.69) is 5.32 Å². The number of nitrogens with one attached hydrogen (secondary N) is 1. The molecule has 0 saturated carbocycles. The van der Waals surface area contributed by atoms with Gasteiger partial charge in [0.05, 0.1) is 4.92 Å². The van der Waals surface area contributed by atoms with Crippen LogP contribution in [-0.4, -0.2) is 24.1 Å². The molecule has 0 unspecified atom stereocenters. The van der Waals surface area contributed by atoms with Crippen LogP contribution >= 0.6 is 11.6 Å². The summed E-state index contributed by atoms with van der Waals surface area (Å²) >= 11 is 5.80. The lowest BCUT2D eigenvalue weighted by atomic mass is 10.2. The van der Waals surface area contributed by atoms with Crippen molar-refractivity contribution >= 4 is 17.3 Å². The van der Waals surface area contributed by atoms with Crippen molar-refractivity contribution in [2.45, 2.75) is 18.9 Å². The average molecular weight is 257 g/mol. The van der Waals surface area contributed by atoms with E-state index in [4.69, 9.17) is 16.3 Å². The molecule has 1 atom stereocenters. The van der Waals surface area contributed by atoms with E-state index in [0.29, 0.717) is 11.6 Å². The Hall–Kier alpha value is -1.33. The van der Waals surface area contributed by atoms with Gasteiger partial charge >= 0.3 is 5.69 Å². The van der Waals surface area contributed by atoms with Crippen molar-refractivity contribution in [3.63, 3.8) is 0 Å². The topological polar surface area (TPSA) is 64.4 Å². The van der Waals surface area contributed by atoms with E-state index in [0.717, 1.165) is 19.4 Å². The van der Waals surface area contributed by atoms with Crippen molar-refractivity contribution < 1.29 is 9.66 Å². The van der Waals surface area contributed by atoms with E-state index in [-0.39, 0.29) is 17.5 Å². The maximum atomic E-state index is 10.8. The molecule has 1 heterocycles. The fourth-order valence-corrected chi connectivity index (χ4v) is 2.01. The van der Waals surface area contributed by atoms with Gasteiger partial charge in [0.25, 0.3) is 0 Å². The molecule has 0 aliphatic carbocycles. The van der Waals surface area contributed by atoms with Crippen molar-refractivity contribution in [1.82, 2.24) is 5.32 Å². The predicted molar refractivity (Wildman–Crippen MR) is 64.6 cm³/mol. The van der Waals surface area contributed by atoms with Gasteiger partial charge in [0.1, 0.15) is 6.61 Å². The summed E-state index contributed by atoms with van der Waals surface area (Å²) in [6, 6.07) is 4.60. The smallest absolute Gasteiger partial charge is 0.311 e. The molecule has 1 N–H and O–H groups in total. The third-order valence-electron chi connectivity index (χ3n) is 2.72. The Kier molecular flexibility index (Phi) is 3.81. The Bertz CT molecular complexity index is 419. The number of hydrogen-bond donors (Lipinski definition) is 1. The van der Waals surface area contributed by atoms with Gasteiger partial charge in [0.15, 0.2) is 5.75 Å². The number of ether oxygens (including phenoxy) is 1. The Morgan fingerprint density at radius 3 is 3.06 bits per heavy atom. The number of nitro benzene ring substituents is 1. The lowest BCUT2D eigenvalue weighted by Gasteiger charge is -2.12. The summed E-state index contributed by atoms with van der Waals surface area (Å²) in [5, 5.41) is 14.5. The van der Waals surface area contributed by atoms with Gasteiger partial charge in [-0.1, -0.05) is 11.6 Å². The molecule has 0 aromatic heterocycles. The molecule has 1 aromatic rings. The molecule has 1 saturated heterocycles. The van der Waals surface area contributed by atoms with E-state index in [9.17, 15) is 10.1 Å². The van der Waals surface area contributed by atoms with Crippen molar-refractivity contribution in [2.75, 3.05) is 13.2 Å². The van der Waals surface area contributed by atoms with E-state index in [1.54, 1.807) is 0 Å². The zero-order valence-corrected chi connectivity index (χ0v) is 9.94. The fourth-order valence-electron chi connectivity index (χ4n) is 1.84. The monoisotopic (exact) mass is 256 g/mol. The average Bonchev–Trinajstić information content (AvgIpc) is 2.78. The highest BCUT2D eigenvalue weighted by atomic mass is 35.5. The summed E-state index contributed by atoms with van der Waals surface area (Å²) in [6.07, 6.45) is 2.15. The molecule has 0 radical (unpaired) electrons. The Balaban J connectivity index is 2.07. The molecule has 1 fully saturated rings. The van der Waals surface area contributed by atoms with Crippen LogP contribution in [0.5, 0.6) is 5.75 Å². The third kappa shape index (κ3) is 3.08. The van der Waals surface area contributed by atoms with E-state index in [1.807, 2.05) is 0 Å². The van der Waals surface area contributed by atoms with Crippen molar-refractivity contribution in [3.05, 3.63) is 33.3 Å². The molecule has 2 rings (SSSR count). The van der Waals surface area contributed by atoms with Crippen molar-refractivity contribution in [3.8, 4) is 5.75 Å². The highest BCUT2D eigenvalue weighted by Gasteiger charge is 2.19. The molecule has 0 bridgehead atoms. The van der Waals surface area contributed by atoms with Crippen LogP contribution in [0.2, 0.25) is 5.02 Å². The molecule has 17 heavy (non-hydrogen) atoms. The van der Waals surface area contributed by atoms with Gasteiger partial charge in [0.2, 0.25) is 0 Å². The Morgan fingerprint density at radius 2 is 2.41 bits per heavy atom. The second kappa shape index (κ2) is 5.33. The van der Waals surface area contributed by atoms with Gasteiger partial charge in [-0.05, 0) is 25.5 Å². The molecule has 6 heteroatoms. The predicted octanol–water partition coefficient (Wildman–Crippen LogP) is 2.38. The lowest BCUT2D eigenvalue weighted by molar-refractivity contribution is -0.385. The highest BCUT2D eigenvalue weighted by molar-refractivity contribution is 6.30. The Morgan fingerprint density at radius 1 is 1.59 bits per heavy atom. The number of halogens is 1. The highest BCUT2D eigenvalue weighted by Crippen LogP contribution is 2.30. The first-order valence-electron chi connectivity index (χ1n) is 5.47. The molecule has 0 spiro atoms. The molecule has 1 aliphatic heterocycles. The number of nitrogens with zero attached hydrogens (tertiary/aromatic N) is 1. The summed E-state index contributed by atoms with van der Waals surface area (Å²) in [6.45, 7) is 1.41. The van der Waals surface area contributed by atoms with Crippen LogP contribution in [0, 0.1) is 10.1 Å². The largest absolute Gasteiger partial charge is 0.485 e. The van der Waals surface area contributed by atoms with Crippen LogP contribution in [0.4, 0.5) is 5.69 Å². The number of rotatable bonds is 4. The Labute approximate surface area is 104 Å². The molecular weight excluding hydrogens is 244 g/mol. The number of hydrogen-bond acceptors (Lipinski definition) is 4. The molecule has 0 amide bonds. The molecule has 1 aliphatic rings. The van der Waals surface area contributed by atoms with Gasteiger partial charge in [-0.2, -0.15) is 0 Å². The van der Waals surface area contributed by atoms with Gasteiger partial charge in [0, 0.05) is 23.2 Å². The summed E-state index contributed by atoms with van der Waals surface area (Å²) in [5.74, 6) is 0.233. The van der Waals surface area contributed by atoms with Crippen molar-refractivity contribution in [1.29, 1.82) is 0 Å². The zero-order chi connectivity index (χ0) is 12.3. The van der Waals surface area contributed by atoms with Crippen LogP contribution in [-0.2, 0) is 0 Å². The van der Waals surface area contributed by atoms with Crippen LogP contribution in [0.3, 0.4) is 0 Å². The first-order valence-corrected chi connectivity index (χ1v) is 5.85. The van der Waals surface area contributed by atoms with E-state index in [1.165, 1.54) is 18.2 Å². The van der Waals surface area contributed by atoms with Crippen LogP contribution in [0.25, 0.3) is 0 Å². The minimum atomic E-state index is -0.465. The summed E-state index contributed by atoms with van der Waals surface area (Å²) in [4.78, 5) is 10.3. The summed E-state index contributed by atoms with van der Waals surface area (Å²) in [7, 11) is 0. The molecule has 5 nitrogen and oxygen atoms in total. The minimum Gasteiger partial charge on any atom is -0.485 e. The van der Waals surface area contributed by atoms with Gasteiger partial charge in [-0.3, -0.25) is 10.1 Å². The second-order valence-corrected chi connectivity index (χ2v) is 4.41. The molecule has 1 aromatic carbocycles. The van der Waals surface area contributed by atoms with Gasteiger partial charge < -0.3 is 10.1 Å². The maximum absolute atomic E-state index is 10.8. The van der Waals surface area contributed by atoms with Crippen LogP contribution in [0.15, 0.2) is 18.2 Å². The van der Waals surface area contributed by atoms with Crippen molar-refractivity contribution in [2.24, 2.45) is 0 Å². The first kappa shape index (κ1) is 12.1. The normalized spacial score (nSPS) is 19.2. The van der Waals surface area contributed by atoms with Crippen LogP contribution < -0.4 is 10.1 Å². The first-order chi connectivity index (χ1) is 8.16. The minimum absolute atomic E-state index is 0.0487. The third-order valence-corrected chi connectivity index (χ3v) is 2.96. The zero-order valence-electron chi connectivity index (χ0n) is 9.19. The maximum Gasteiger partial charge on any atom is 0.311 e. The standard InChI is InChI=1S/C11H13ClN2O3/c12-8-3-4-10(14(15)16)11(6-8)17-7-9-2-1-5-13-9/h3-4,6,9,13H,1-2,5,7H2/t9-/m1/s1. The van der Waals surface area contributed by atoms with Gasteiger partial charge in [-0.15, -0.1) is 0 Å².